The summed E-state index contributed by atoms with van der Waals surface area (Å²) in [6, 6.07) is 1.24. The molecule has 0 aromatic carbocycles. The zero-order chi connectivity index (χ0) is 19.0. The number of nitrogen functional groups attached to an aromatic ring is 1. The van der Waals surface area contributed by atoms with E-state index < -0.39 is 52.5 Å². The van der Waals surface area contributed by atoms with Crippen molar-refractivity contribution in [1.82, 2.24) is 9.55 Å². The van der Waals surface area contributed by atoms with Crippen molar-refractivity contribution in [2.75, 3.05) is 12.3 Å². The molecule has 5 unspecified atom stereocenters. The molecule has 0 bridgehead atoms. The van der Waals surface area contributed by atoms with Crippen LogP contribution in [0.5, 0.6) is 0 Å². The summed E-state index contributed by atoms with van der Waals surface area (Å²) in [7, 11) is -10.5. The van der Waals surface area contributed by atoms with Gasteiger partial charge in [-0.3, -0.25) is 9.09 Å². The van der Waals surface area contributed by atoms with E-state index in [2.05, 4.69) is 13.8 Å². The van der Waals surface area contributed by atoms with Crippen molar-refractivity contribution in [3.05, 3.63) is 22.7 Å². The van der Waals surface area contributed by atoms with Gasteiger partial charge in [0.1, 0.15) is 24.1 Å². The molecule has 2 heterocycles. The molecule has 3 radical (unpaired) electrons. The first-order chi connectivity index (χ1) is 11.4. The molecule has 1 fully saturated rings. The fraction of sp³-hybridized carbons (Fsp3) is 0.556. The topological polar surface area (TPSA) is 224 Å². The number of hydrogen-bond donors (Lipinski definition) is 6. The Morgan fingerprint density at radius 2 is 1.75 bits per heavy atom. The van der Waals surface area contributed by atoms with E-state index in [0.717, 1.165) is 10.8 Å². The molecule has 1 aromatic heterocycles. The zero-order valence-corrected chi connectivity index (χ0v) is 23.0. The molecule has 7 N–H and O–H groups in total. The van der Waals surface area contributed by atoms with Gasteiger partial charge in [-0.25, -0.2) is 13.9 Å². The minimum Gasteiger partial charge on any atom is -0.387 e. The summed E-state index contributed by atoms with van der Waals surface area (Å²) in [6.45, 7) is -0.875. The average molecular weight is 472 g/mol. The van der Waals surface area contributed by atoms with Crippen LogP contribution in [-0.4, -0.2) is 148 Å². The van der Waals surface area contributed by atoms with Gasteiger partial charge in [0.2, 0.25) is 0 Å². The van der Waals surface area contributed by atoms with Crippen molar-refractivity contribution in [1.29, 1.82) is 0 Å². The van der Waals surface area contributed by atoms with E-state index in [0.29, 0.717) is 0 Å². The molecule has 0 spiro atoms. The fourth-order valence-corrected chi connectivity index (χ4v) is 3.64. The van der Waals surface area contributed by atoms with Crippen molar-refractivity contribution in [3.8, 4) is 0 Å². The maximum atomic E-state index is 11.7. The summed E-state index contributed by atoms with van der Waals surface area (Å²) in [4.78, 5) is 41.3. The summed E-state index contributed by atoms with van der Waals surface area (Å²) < 4.78 is 35.8. The van der Waals surface area contributed by atoms with E-state index >= 15 is 0 Å². The third-order valence-corrected chi connectivity index (χ3v) is 5.23. The smallest absolute Gasteiger partial charge is 0.387 e. The molecule has 5 atom stereocenters. The second kappa shape index (κ2) is 12.8. The monoisotopic (exact) mass is 472 g/mol. The molecule has 19 heteroatoms. The number of phosphoric acid groups is 2. The van der Waals surface area contributed by atoms with Gasteiger partial charge < -0.3 is 35.4 Å². The Morgan fingerprint density at radius 3 is 2.25 bits per heavy atom. The maximum Gasteiger partial charge on any atom is 0.481 e. The molecule has 0 amide bonds. The number of phosphoric ester groups is 1. The molecule has 1 aliphatic heterocycles. The van der Waals surface area contributed by atoms with Crippen LogP contribution < -0.4 is 11.4 Å². The van der Waals surface area contributed by atoms with Crippen molar-refractivity contribution in [2.45, 2.75) is 24.5 Å². The van der Waals surface area contributed by atoms with Gasteiger partial charge >= 0.3 is 21.3 Å². The van der Waals surface area contributed by atoms with Crippen LogP contribution in [0.3, 0.4) is 0 Å². The normalized spacial score (nSPS) is 26.3. The molecule has 0 aliphatic carbocycles. The molecule has 1 saturated heterocycles. The molecule has 28 heavy (non-hydrogen) atoms. The van der Waals surface area contributed by atoms with E-state index in [9.17, 15) is 24.1 Å². The Balaban J connectivity index is 0. The first kappa shape index (κ1) is 32.0. The number of anilines is 1. The summed E-state index contributed by atoms with van der Waals surface area (Å²) >= 11 is 0. The minimum absolute atomic E-state index is 0. The standard InChI is InChI=1S/C9H15N3O11P2.3Na/c10-5-1-2-12(9(15)11-5)8-7(14)6(13)4(22-8)3-21-25(19,20)23-24(16,17)18;;;/h1-2,4,6-8,13-14H,3H2,(H,19,20)(H2,10,11,15)(H2,16,17,18);;;. The predicted octanol–water partition coefficient (Wildman–Crippen LogP) is -3.47. The second-order valence-corrected chi connectivity index (χ2v) is 7.75. The van der Waals surface area contributed by atoms with Crippen LogP contribution in [-0.2, 0) is 22.7 Å². The Hall–Kier alpha value is 1.82. The van der Waals surface area contributed by atoms with Crippen LogP contribution in [0.1, 0.15) is 6.23 Å². The van der Waals surface area contributed by atoms with Gasteiger partial charge in [-0.05, 0) is 6.07 Å². The Morgan fingerprint density at radius 1 is 1.18 bits per heavy atom. The van der Waals surface area contributed by atoms with E-state index in [1.165, 1.54) is 6.07 Å². The van der Waals surface area contributed by atoms with Gasteiger partial charge in [0.25, 0.3) is 0 Å². The number of nitrogens with zero attached hydrogens (tertiary/aromatic N) is 2. The largest absolute Gasteiger partial charge is 0.481 e. The van der Waals surface area contributed by atoms with E-state index in [1.54, 1.807) is 0 Å². The molecule has 145 valence electrons. The van der Waals surface area contributed by atoms with Crippen LogP contribution >= 0.6 is 15.6 Å². The first-order valence-electron chi connectivity index (χ1n) is 6.50. The number of hydrogen-bond acceptors (Lipinski definition) is 10. The number of aliphatic hydroxyl groups excluding tert-OH is 2. The van der Waals surface area contributed by atoms with Crippen molar-refractivity contribution in [2.24, 2.45) is 0 Å². The van der Waals surface area contributed by atoms with E-state index in [-0.39, 0.29) is 94.5 Å². The Kier molecular flexibility index (Phi) is 14.6. The zero-order valence-electron chi connectivity index (χ0n) is 15.2. The Labute approximate surface area is 224 Å². The number of aliphatic hydroxyl groups is 2. The number of nitrogens with two attached hydrogens (primary N) is 1. The van der Waals surface area contributed by atoms with E-state index in [4.69, 9.17) is 25.2 Å². The molecule has 0 saturated carbocycles. The summed E-state index contributed by atoms with van der Waals surface area (Å²) in [5.41, 5.74) is 4.45. The maximum absolute atomic E-state index is 11.7. The van der Waals surface area contributed by atoms with E-state index in [1.807, 2.05) is 0 Å². The third-order valence-electron chi connectivity index (χ3n) is 3.07. The van der Waals surface area contributed by atoms with Gasteiger partial charge in [0.15, 0.2) is 6.23 Å². The SMILES string of the molecule is Nc1ccn(C2OC(COP(=O)(O)OP(=O)(O)O)C(O)C2O)c(=O)n1.[Na].[Na].[Na]. The summed E-state index contributed by atoms with van der Waals surface area (Å²) in [6.07, 6.45) is -4.93. The number of aromatic nitrogens is 2. The van der Waals surface area contributed by atoms with Crippen molar-refractivity contribution in [3.63, 3.8) is 0 Å². The van der Waals surface area contributed by atoms with Crippen LogP contribution in [0.2, 0.25) is 0 Å². The molecular formula is C9H15N3Na3O11P2. The summed E-state index contributed by atoms with van der Waals surface area (Å²) in [5.74, 6) is -0.0787. The average Bonchev–Trinajstić information content (AvgIpc) is 2.71. The van der Waals surface area contributed by atoms with Crippen molar-refractivity contribution < 1.29 is 47.6 Å². The quantitative estimate of drug-likeness (QED) is 0.175. The van der Waals surface area contributed by atoms with Crippen LogP contribution in [0, 0.1) is 0 Å². The van der Waals surface area contributed by atoms with Gasteiger partial charge in [0.05, 0.1) is 6.61 Å². The van der Waals surface area contributed by atoms with Gasteiger partial charge in [0, 0.05) is 94.9 Å². The number of ether oxygens (including phenoxy) is 1. The van der Waals surface area contributed by atoms with Crippen LogP contribution in [0.15, 0.2) is 17.1 Å². The van der Waals surface area contributed by atoms with Crippen LogP contribution in [0.4, 0.5) is 5.82 Å². The molecule has 1 aliphatic rings. The van der Waals surface area contributed by atoms with Gasteiger partial charge in [-0.2, -0.15) is 9.29 Å². The number of rotatable bonds is 6. The molecular weight excluding hydrogens is 457 g/mol. The van der Waals surface area contributed by atoms with Crippen LogP contribution in [0.25, 0.3) is 0 Å². The van der Waals surface area contributed by atoms with Gasteiger partial charge in [-0.1, -0.05) is 0 Å². The summed E-state index contributed by atoms with van der Waals surface area (Å²) in [5, 5.41) is 19.8. The minimum atomic E-state index is -5.30. The van der Waals surface area contributed by atoms with Gasteiger partial charge in [-0.15, -0.1) is 0 Å². The molecule has 2 rings (SSSR count). The molecule has 1 aromatic rings. The molecule has 14 nitrogen and oxygen atoms in total. The Bertz CT molecular complexity index is 792. The van der Waals surface area contributed by atoms with Crippen molar-refractivity contribution >= 4 is 110 Å². The second-order valence-electron chi connectivity index (χ2n) is 4.93. The first-order valence-corrected chi connectivity index (χ1v) is 9.53. The predicted molar refractivity (Wildman–Crippen MR) is 95.0 cm³/mol. The third kappa shape index (κ3) is 9.13. The fourth-order valence-electron chi connectivity index (χ4n) is 2.04.